The van der Waals surface area contributed by atoms with Crippen molar-refractivity contribution in [1.29, 1.82) is 0 Å². The van der Waals surface area contributed by atoms with Crippen LogP contribution in [0.2, 0.25) is 0 Å². The maximum atomic E-state index is 11.8. The lowest BCUT2D eigenvalue weighted by Crippen LogP contribution is -2.37. The first-order valence-electron chi connectivity index (χ1n) is 7.45. The molecule has 116 valence electrons. The summed E-state index contributed by atoms with van der Waals surface area (Å²) >= 11 is 0. The minimum absolute atomic E-state index is 0.0603. The number of benzene rings is 1. The van der Waals surface area contributed by atoms with E-state index in [9.17, 15) is 9.59 Å². The number of hydrogen-bond acceptors (Lipinski definition) is 5. The highest BCUT2D eigenvalue weighted by molar-refractivity contribution is 5.74. The highest BCUT2D eigenvalue weighted by Crippen LogP contribution is 2.22. The summed E-state index contributed by atoms with van der Waals surface area (Å²) in [7, 11) is 0. The smallest absolute Gasteiger partial charge is 0.253 e. The molecule has 23 heavy (non-hydrogen) atoms. The lowest BCUT2D eigenvalue weighted by molar-refractivity contribution is 0.878. The summed E-state index contributed by atoms with van der Waals surface area (Å²) in [5.41, 5.74) is 1.59. The molecule has 5 nitrogen and oxygen atoms in total. The number of nitrogens with zero attached hydrogens (tertiary/aromatic N) is 1. The van der Waals surface area contributed by atoms with E-state index in [0.29, 0.717) is 17.9 Å². The predicted octanol–water partition coefficient (Wildman–Crippen LogP) is 2.46. The van der Waals surface area contributed by atoms with Crippen LogP contribution in [0.3, 0.4) is 0 Å². The van der Waals surface area contributed by atoms with E-state index < -0.39 is 10.9 Å². The van der Waals surface area contributed by atoms with Crippen LogP contribution < -0.4 is 21.5 Å². The van der Waals surface area contributed by atoms with E-state index in [0.717, 1.165) is 11.3 Å². The van der Waals surface area contributed by atoms with Gasteiger partial charge in [-0.3, -0.25) is 14.6 Å². The topological polar surface area (TPSA) is 71.1 Å². The third-order valence-electron chi connectivity index (χ3n) is 3.74. The number of hydrogen-bond donors (Lipinski definition) is 2. The van der Waals surface area contributed by atoms with Crippen LogP contribution in [0.1, 0.15) is 24.2 Å². The maximum Gasteiger partial charge on any atom is 0.253 e. The van der Waals surface area contributed by atoms with Gasteiger partial charge in [0.25, 0.3) is 10.9 Å². The standard InChI is InChI=1S/C18H17N3O2/c1-12(13-7-3-2-4-8-13)21-16-15(17(22)18(16)23)20-11-14-9-5-6-10-19-14/h2-10,12,20-21H,11H2,1H3. The van der Waals surface area contributed by atoms with Crippen LogP contribution in [-0.4, -0.2) is 4.98 Å². The van der Waals surface area contributed by atoms with Gasteiger partial charge < -0.3 is 10.6 Å². The number of aromatic nitrogens is 1. The summed E-state index contributed by atoms with van der Waals surface area (Å²) in [6, 6.07) is 15.3. The molecule has 0 saturated heterocycles. The molecule has 0 spiro atoms. The van der Waals surface area contributed by atoms with E-state index in [2.05, 4.69) is 15.6 Å². The van der Waals surface area contributed by atoms with Crippen molar-refractivity contribution in [2.24, 2.45) is 0 Å². The maximum absolute atomic E-state index is 11.8. The summed E-state index contributed by atoms with van der Waals surface area (Å²) in [6.07, 6.45) is 1.69. The van der Waals surface area contributed by atoms with E-state index in [1.165, 1.54) is 0 Å². The zero-order valence-corrected chi connectivity index (χ0v) is 12.7. The van der Waals surface area contributed by atoms with Gasteiger partial charge >= 0.3 is 0 Å². The Kier molecular flexibility index (Phi) is 4.19. The van der Waals surface area contributed by atoms with Crippen LogP contribution in [0.5, 0.6) is 0 Å². The Morgan fingerprint density at radius 2 is 1.65 bits per heavy atom. The minimum Gasteiger partial charge on any atom is -0.374 e. The molecule has 0 aliphatic rings. The number of nitrogens with one attached hydrogen (secondary N) is 2. The van der Waals surface area contributed by atoms with Gasteiger partial charge in [0.2, 0.25) is 0 Å². The summed E-state index contributed by atoms with van der Waals surface area (Å²) in [6.45, 7) is 2.36. The second-order valence-electron chi connectivity index (χ2n) is 5.36. The monoisotopic (exact) mass is 307 g/mol. The van der Waals surface area contributed by atoms with Crippen LogP contribution in [0.4, 0.5) is 11.4 Å². The molecule has 0 aliphatic heterocycles. The molecule has 5 heteroatoms. The molecular formula is C18H17N3O2. The third kappa shape index (κ3) is 3.13. The average Bonchev–Trinajstić information content (AvgIpc) is 2.62. The van der Waals surface area contributed by atoms with Gasteiger partial charge in [-0.25, -0.2) is 0 Å². The van der Waals surface area contributed by atoms with Crippen LogP contribution in [-0.2, 0) is 6.54 Å². The molecule has 0 bridgehead atoms. The summed E-state index contributed by atoms with van der Waals surface area (Å²) in [5.74, 6) is 0. The van der Waals surface area contributed by atoms with Gasteiger partial charge in [0.15, 0.2) is 0 Å². The Hall–Kier alpha value is -2.95. The average molecular weight is 307 g/mol. The van der Waals surface area contributed by atoms with Crippen molar-refractivity contribution in [1.82, 2.24) is 4.98 Å². The van der Waals surface area contributed by atoms with E-state index in [1.54, 1.807) is 6.20 Å². The molecule has 1 atom stereocenters. The van der Waals surface area contributed by atoms with Crippen molar-refractivity contribution in [3.8, 4) is 0 Å². The molecule has 3 rings (SSSR count). The Morgan fingerprint density at radius 1 is 0.957 bits per heavy atom. The fraction of sp³-hybridized carbons (Fsp3) is 0.167. The van der Waals surface area contributed by atoms with Gasteiger partial charge in [-0.2, -0.15) is 0 Å². The first kappa shape index (κ1) is 15.0. The number of rotatable bonds is 6. The molecule has 1 aromatic heterocycles. The Bertz CT molecular complexity index is 853. The molecule has 3 aromatic rings. The van der Waals surface area contributed by atoms with Gasteiger partial charge in [0, 0.05) is 12.2 Å². The van der Waals surface area contributed by atoms with Gasteiger partial charge in [-0.15, -0.1) is 0 Å². The normalized spacial score (nSPS) is 12.0. The second kappa shape index (κ2) is 6.44. The van der Waals surface area contributed by atoms with Crippen molar-refractivity contribution in [2.75, 3.05) is 10.6 Å². The van der Waals surface area contributed by atoms with Crippen molar-refractivity contribution in [3.05, 3.63) is 86.4 Å². The SMILES string of the molecule is CC(Nc1c(NCc2ccccn2)c(=O)c1=O)c1ccccc1. The molecule has 2 N–H and O–H groups in total. The van der Waals surface area contributed by atoms with Crippen LogP contribution in [0.15, 0.2) is 64.3 Å². The second-order valence-corrected chi connectivity index (χ2v) is 5.36. The van der Waals surface area contributed by atoms with Crippen molar-refractivity contribution in [2.45, 2.75) is 19.5 Å². The molecule has 0 fully saturated rings. The molecule has 0 aliphatic carbocycles. The quantitative estimate of drug-likeness (QED) is 0.685. The molecule has 1 unspecified atom stereocenters. The Morgan fingerprint density at radius 3 is 2.35 bits per heavy atom. The van der Waals surface area contributed by atoms with Crippen molar-refractivity contribution in [3.63, 3.8) is 0 Å². The van der Waals surface area contributed by atoms with Gasteiger partial charge in [-0.05, 0) is 24.6 Å². The Balaban J connectivity index is 1.73. The predicted molar refractivity (Wildman–Crippen MR) is 91.4 cm³/mol. The van der Waals surface area contributed by atoms with E-state index in [1.807, 2.05) is 55.5 Å². The number of pyridine rings is 1. The summed E-state index contributed by atoms with van der Waals surface area (Å²) in [5, 5.41) is 6.13. The van der Waals surface area contributed by atoms with Crippen molar-refractivity contribution >= 4 is 11.4 Å². The van der Waals surface area contributed by atoms with Gasteiger partial charge in [0.1, 0.15) is 11.4 Å². The highest BCUT2D eigenvalue weighted by Gasteiger charge is 2.22. The fourth-order valence-corrected chi connectivity index (χ4v) is 2.42. The lowest BCUT2D eigenvalue weighted by Gasteiger charge is -2.19. The number of anilines is 2. The fourth-order valence-electron chi connectivity index (χ4n) is 2.42. The molecule has 0 amide bonds. The Labute approximate surface area is 133 Å². The van der Waals surface area contributed by atoms with Crippen molar-refractivity contribution < 1.29 is 0 Å². The zero-order valence-electron chi connectivity index (χ0n) is 12.7. The molecule has 1 heterocycles. The molecule has 0 radical (unpaired) electrons. The molecule has 0 saturated carbocycles. The van der Waals surface area contributed by atoms with Gasteiger partial charge in [0.05, 0.1) is 12.2 Å². The molecular weight excluding hydrogens is 290 g/mol. The third-order valence-corrected chi connectivity index (χ3v) is 3.74. The van der Waals surface area contributed by atoms with Gasteiger partial charge in [-0.1, -0.05) is 36.4 Å². The van der Waals surface area contributed by atoms with Crippen LogP contribution >= 0.6 is 0 Å². The lowest BCUT2D eigenvalue weighted by atomic mass is 10.1. The van der Waals surface area contributed by atoms with Crippen LogP contribution in [0.25, 0.3) is 0 Å². The van der Waals surface area contributed by atoms with E-state index in [4.69, 9.17) is 0 Å². The summed E-state index contributed by atoms with van der Waals surface area (Å²) < 4.78 is 0. The highest BCUT2D eigenvalue weighted by atomic mass is 16.2. The largest absolute Gasteiger partial charge is 0.374 e. The first-order valence-corrected chi connectivity index (χ1v) is 7.45. The minimum atomic E-state index is -0.483. The first-order chi connectivity index (χ1) is 11.2. The van der Waals surface area contributed by atoms with E-state index in [-0.39, 0.29) is 6.04 Å². The summed E-state index contributed by atoms with van der Waals surface area (Å²) in [4.78, 5) is 27.8. The zero-order chi connectivity index (χ0) is 16.2. The van der Waals surface area contributed by atoms with Crippen LogP contribution in [0, 0.1) is 0 Å². The van der Waals surface area contributed by atoms with E-state index >= 15 is 0 Å². The molecule has 2 aromatic carbocycles.